The number of halogens is 3. The fourth-order valence-electron chi connectivity index (χ4n) is 1.53. The van der Waals surface area contributed by atoms with Crippen molar-refractivity contribution in [1.29, 1.82) is 0 Å². The first-order valence-corrected chi connectivity index (χ1v) is 7.02. The summed E-state index contributed by atoms with van der Waals surface area (Å²) in [6, 6.07) is 2.12. The Kier molecular flexibility index (Phi) is 3.09. The van der Waals surface area contributed by atoms with E-state index in [9.17, 15) is 0 Å². The first-order chi connectivity index (χ1) is 6.09. The van der Waals surface area contributed by atoms with E-state index in [1.165, 1.54) is 15.8 Å². The van der Waals surface area contributed by atoms with Crippen LogP contribution in [0.5, 0.6) is 0 Å². The number of alkyl halides is 1. The van der Waals surface area contributed by atoms with Crippen molar-refractivity contribution in [2.75, 3.05) is 0 Å². The van der Waals surface area contributed by atoms with Gasteiger partial charge in [-0.2, -0.15) is 0 Å². The van der Waals surface area contributed by atoms with Crippen LogP contribution < -0.4 is 0 Å². The minimum Gasteiger partial charge on any atom is -0.121 e. The Morgan fingerprint density at radius 1 is 1.62 bits per heavy atom. The van der Waals surface area contributed by atoms with Crippen LogP contribution in [-0.4, -0.2) is 0 Å². The van der Waals surface area contributed by atoms with Crippen molar-refractivity contribution in [3.63, 3.8) is 0 Å². The molecule has 0 amide bonds. The monoisotopic (exact) mass is 342 g/mol. The zero-order valence-corrected chi connectivity index (χ0v) is 11.8. The maximum atomic E-state index is 6.37. The van der Waals surface area contributed by atoms with Crippen LogP contribution in [0.25, 0.3) is 0 Å². The Morgan fingerprint density at radius 2 is 2.23 bits per heavy atom. The van der Waals surface area contributed by atoms with Gasteiger partial charge in [-0.15, -0.1) is 22.9 Å². The maximum absolute atomic E-state index is 6.37. The molecule has 1 saturated carbocycles. The van der Waals surface area contributed by atoms with Crippen LogP contribution in [-0.2, 0) is 0 Å². The number of hydrogen-bond acceptors (Lipinski definition) is 1. The minimum absolute atomic E-state index is 0.187. The Balaban J connectivity index is 2.19. The van der Waals surface area contributed by atoms with Crippen molar-refractivity contribution < 1.29 is 0 Å². The molecular weight excluding hydrogens is 335 g/mol. The molecule has 1 heterocycles. The molecule has 0 aliphatic heterocycles. The van der Waals surface area contributed by atoms with E-state index >= 15 is 0 Å². The van der Waals surface area contributed by atoms with Crippen molar-refractivity contribution in [2.45, 2.75) is 18.7 Å². The molecule has 4 heteroatoms. The van der Waals surface area contributed by atoms with Crippen LogP contribution in [0.3, 0.4) is 0 Å². The van der Waals surface area contributed by atoms with E-state index < -0.39 is 0 Å². The van der Waals surface area contributed by atoms with Crippen molar-refractivity contribution in [1.82, 2.24) is 0 Å². The second-order valence-electron chi connectivity index (χ2n) is 3.56. The number of thiophene rings is 1. The lowest BCUT2D eigenvalue weighted by Crippen LogP contribution is -1.92. The molecule has 1 aliphatic rings. The molecule has 1 aromatic rings. The van der Waals surface area contributed by atoms with Gasteiger partial charge in [-0.25, -0.2) is 0 Å². The second kappa shape index (κ2) is 3.84. The van der Waals surface area contributed by atoms with E-state index in [4.69, 9.17) is 11.6 Å². The molecule has 1 fully saturated rings. The van der Waals surface area contributed by atoms with Gasteiger partial charge in [0, 0.05) is 0 Å². The van der Waals surface area contributed by atoms with Crippen molar-refractivity contribution >= 4 is 54.8 Å². The largest absolute Gasteiger partial charge is 0.121 e. The Hall–Kier alpha value is 0.950. The highest BCUT2D eigenvalue weighted by molar-refractivity contribution is 9.12. The summed E-state index contributed by atoms with van der Waals surface area (Å²) in [6.45, 7) is 2.26. The lowest BCUT2D eigenvalue weighted by atomic mass is 10.1. The first kappa shape index (κ1) is 10.5. The average molecular weight is 344 g/mol. The van der Waals surface area contributed by atoms with E-state index in [1.807, 2.05) is 0 Å². The van der Waals surface area contributed by atoms with Gasteiger partial charge in [-0.05, 0) is 61.7 Å². The van der Waals surface area contributed by atoms with E-state index in [2.05, 4.69) is 44.8 Å². The second-order valence-corrected chi connectivity index (χ2v) is 7.78. The van der Waals surface area contributed by atoms with Gasteiger partial charge in [0.25, 0.3) is 0 Å². The molecule has 72 valence electrons. The van der Waals surface area contributed by atoms with Gasteiger partial charge in [-0.1, -0.05) is 6.92 Å². The molecule has 0 radical (unpaired) electrons. The van der Waals surface area contributed by atoms with Crippen LogP contribution in [0.15, 0.2) is 13.6 Å². The molecule has 0 nitrogen and oxygen atoms in total. The molecule has 3 unspecified atom stereocenters. The number of hydrogen-bond donors (Lipinski definition) is 0. The standard InChI is InChI=1S/C9H9Br2ClS/c1-4-2-5(4)8(12)6-3-7(10)13-9(6)11/h3-5,8H,2H2,1H3. The Bertz CT molecular complexity index is 323. The van der Waals surface area contributed by atoms with Gasteiger partial charge >= 0.3 is 0 Å². The average Bonchev–Trinajstić information content (AvgIpc) is 2.67. The zero-order valence-electron chi connectivity index (χ0n) is 7.06. The maximum Gasteiger partial charge on any atom is 0.0757 e. The third kappa shape index (κ3) is 2.14. The smallest absolute Gasteiger partial charge is 0.0757 e. The zero-order chi connectivity index (χ0) is 9.59. The predicted molar refractivity (Wildman–Crippen MR) is 65.6 cm³/mol. The quantitative estimate of drug-likeness (QED) is 0.646. The predicted octanol–water partition coefficient (Wildman–Crippen LogP) is 5.21. The summed E-state index contributed by atoms with van der Waals surface area (Å²) >= 11 is 15.1. The van der Waals surface area contributed by atoms with Gasteiger partial charge in [0.2, 0.25) is 0 Å². The van der Waals surface area contributed by atoms with Gasteiger partial charge in [0.05, 0.1) is 12.9 Å². The molecular formula is C9H9Br2ClS. The molecule has 3 atom stereocenters. The molecule has 13 heavy (non-hydrogen) atoms. The fraction of sp³-hybridized carbons (Fsp3) is 0.556. The normalized spacial score (nSPS) is 28.9. The van der Waals surface area contributed by atoms with Crippen LogP contribution in [0.2, 0.25) is 0 Å². The summed E-state index contributed by atoms with van der Waals surface area (Å²) in [5, 5.41) is 0.187. The number of rotatable bonds is 2. The van der Waals surface area contributed by atoms with Crippen molar-refractivity contribution in [3.05, 3.63) is 19.2 Å². The van der Waals surface area contributed by atoms with Crippen molar-refractivity contribution in [3.8, 4) is 0 Å². The summed E-state index contributed by atoms with van der Waals surface area (Å²) in [4.78, 5) is 0. The van der Waals surface area contributed by atoms with Crippen LogP contribution in [0, 0.1) is 11.8 Å². The summed E-state index contributed by atoms with van der Waals surface area (Å²) in [5.41, 5.74) is 1.24. The topological polar surface area (TPSA) is 0 Å². The molecule has 1 aromatic heterocycles. The highest BCUT2D eigenvalue weighted by Crippen LogP contribution is 2.53. The molecule has 0 aromatic carbocycles. The van der Waals surface area contributed by atoms with Gasteiger partial charge in [0.15, 0.2) is 0 Å². The van der Waals surface area contributed by atoms with Crippen LogP contribution in [0.4, 0.5) is 0 Å². The third-order valence-corrected chi connectivity index (χ3v) is 5.47. The summed E-state index contributed by atoms with van der Waals surface area (Å²) in [5.74, 6) is 1.48. The molecule has 0 N–H and O–H groups in total. The van der Waals surface area contributed by atoms with E-state index in [0.29, 0.717) is 5.92 Å². The first-order valence-electron chi connectivity index (χ1n) is 4.18. The minimum atomic E-state index is 0.187. The third-order valence-electron chi connectivity index (χ3n) is 2.53. The van der Waals surface area contributed by atoms with Gasteiger partial charge in [-0.3, -0.25) is 0 Å². The molecule has 2 rings (SSSR count). The van der Waals surface area contributed by atoms with Crippen molar-refractivity contribution in [2.24, 2.45) is 11.8 Å². The van der Waals surface area contributed by atoms with Crippen LogP contribution >= 0.6 is 54.8 Å². The lowest BCUT2D eigenvalue weighted by Gasteiger charge is -2.06. The van der Waals surface area contributed by atoms with Gasteiger partial charge in [0.1, 0.15) is 0 Å². The highest BCUT2D eigenvalue weighted by Gasteiger charge is 2.40. The van der Waals surface area contributed by atoms with E-state index in [0.717, 1.165) is 9.70 Å². The Labute approximate surface area is 104 Å². The lowest BCUT2D eigenvalue weighted by molar-refractivity contribution is 0.722. The summed E-state index contributed by atoms with van der Waals surface area (Å²) in [7, 11) is 0. The summed E-state index contributed by atoms with van der Waals surface area (Å²) in [6.07, 6.45) is 1.27. The fourth-order valence-corrected chi connectivity index (χ4v) is 5.18. The molecule has 1 aliphatic carbocycles. The van der Waals surface area contributed by atoms with Gasteiger partial charge < -0.3 is 0 Å². The van der Waals surface area contributed by atoms with E-state index in [1.54, 1.807) is 11.3 Å². The van der Waals surface area contributed by atoms with E-state index in [-0.39, 0.29) is 5.38 Å². The van der Waals surface area contributed by atoms with Crippen LogP contribution in [0.1, 0.15) is 24.3 Å². The molecule has 0 spiro atoms. The molecule has 0 saturated heterocycles. The SMILES string of the molecule is CC1CC1C(Cl)c1cc(Br)sc1Br. The summed E-state index contributed by atoms with van der Waals surface area (Å²) < 4.78 is 2.31. The highest BCUT2D eigenvalue weighted by atomic mass is 79.9. The molecule has 0 bridgehead atoms. The Morgan fingerprint density at radius 3 is 2.62 bits per heavy atom.